The van der Waals surface area contributed by atoms with Crippen LogP contribution in [-0.4, -0.2) is 20.3 Å². The summed E-state index contributed by atoms with van der Waals surface area (Å²) in [5.74, 6) is 0.197. The van der Waals surface area contributed by atoms with Crippen LogP contribution in [0.5, 0.6) is 0 Å². The highest BCUT2D eigenvalue weighted by Gasteiger charge is 2.02. The average Bonchev–Trinajstić information content (AvgIpc) is 3.02. The summed E-state index contributed by atoms with van der Waals surface area (Å²) in [7, 11) is 0. The fourth-order valence-corrected chi connectivity index (χ4v) is 2.46. The van der Waals surface area contributed by atoms with Crippen molar-refractivity contribution in [3.8, 4) is 0 Å². The van der Waals surface area contributed by atoms with Gasteiger partial charge >= 0.3 is 0 Å². The molecule has 100 valence electrons. The number of halogens is 1. The smallest absolute Gasteiger partial charge is 0.249 e. The van der Waals surface area contributed by atoms with Crippen LogP contribution in [0.1, 0.15) is 5.69 Å². The summed E-state index contributed by atoms with van der Waals surface area (Å²) >= 11 is 7.27. The number of anilines is 1. The van der Waals surface area contributed by atoms with E-state index in [1.807, 2.05) is 16.0 Å². The summed E-state index contributed by atoms with van der Waals surface area (Å²) in [5.41, 5.74) is 0.848. The molecule has 3 aromatic heterocycles. The number of rotatable bonds is 3. The molecule has 0 aromatic carbocycles. The van der Waals surface area contributed by atoms with E-state index in [1.165, 1.54) is 12.3 Å². The minimum atomic E-state index is -0.259. The second kappa shape index (κ2) is 5.44. The van der Waals surface area contributed by atoms with E-state index in [4.69, 9.17) is 11.6 Å². The standard InChI is InChI=1S/C13H9ClN4OS/c14-9-1-3-11(15-7-9)17-12(19)4-2-10-8-16-13-18(10)5-6-20-13/h1-8H,(H,15,17,19)/b4-2+. The van der Waals surface area contributed by atoms with Crippen molar-refractivity contribution in [3.05, 3.63) is 52.9 Å². The second-order valence-corrected chi connectivity index (χ2v) is 5.23. The van der Waals surface area contributed by atoms with E-state index in [0.29, 0.717) is 10.8 Å². The van der Waals surface area contributed by atoms with Crippen molar-refractivity contribution in [1.29, 1.82) is 0 Å². The molecular weight excluding hydrogens is 296 g/mol. The minimum absolute atomic E-state index is 0.259. The molecule has 0 bridgehead atoms. The van der Waals surface area contributed by atoms with Gasteiger partial charge in [0.25, 0.3) is 0 Å². The SMILES string of the molecule is O=C(/C=C/c1cnc2sccn12)Nc1ccc(Cl)cn1. The molecule has 1 N–H and O–H groups in total. The van der Waals surface area contributed by atoms with Gasteiger partial charge < -0.3 is 5.32 Å². The fourth-order valence-electron chi connectivity index (χ4n) is 1.65. The van der Waals surface area contributed by atoms with E-state index >= 15 is 0 Å². The summed E-state index contributed by atoms with van der Waals surface area (Å²) in [4.78, 5) is 20.9. The lowest BCUT2D eigenvalue weighted by Gasteiger charge is -2.00. The van der Waals surface area contributed by atoms with E-state index in [9.17, 15) is 4.79 Å². The number of hydrogen-bond acceptors (Lipinski definition) is 4. The zero-order chi connectivity index (χ0) is 13.9. The Morgan fingerprint density at radius 1 is 1.35 bits per heavy atom. The van der Waals surface area contributed by atoms with Crippen LogP contribution in [0.2, 0.25) is 5.02 Å². The first-order valence-electron chi connectivity index (χ1n) is 5.73. The third-order valence-corrected chi connectivity index (χ3v) is 3.55. The maximum absolute atomic E-state index is 11.8. The van der Waals surface area contributed by atoms with Crippen molar-refractivity contribution in [2.24, 2.45) is 0 Å². The van der Waals surface area contributed by atoms with Gasteiger partial charge in [-0.15, -0.1) is 11.3 Å². The van der Waals surface area contributed by atoms with Crippen LogP contribution in [0.15, 0.2) is 42.2 Å². The lowest BCUT2D eigenvalue weighted by atomic mass is 10.4. The third-order valence-electron chi connectivity index (χ3n) is 2.56. The number of nitrogens with one attached hydrogen (secondary N) is 1. The Morgan fingerprint density at radius 2 is 2.25 bits per heavy atom. The van der Waals surface area contributed by atoms with Gasteiger partial charge in [-0.25, -0.2) is 9.97 Å². The summed E-state index contributed by atoms with van der Waals surface area (Å²) in [6.45, 7) is 0. The molecule has 0 aliphatic carbocycles. The number of hydrogen-bond donors (Lipinski definition) is 1. The quantitative estimate of drug-likeness (QED) is 0.756. The largest absolute Gasteiger partial charge is 0.307 e. The van der Waals surface area contributed by atoms with E-state index in [-0.39, 0.29) is 5.91 Å². The molecule has 3 rings (SSSR count). The Balaban J connectivity index is 1.71. The fraction of sp³-hybridized carbons (Fsp3) is 0. The molecule has 5 nitrogen and oxygen atoms in total. The molecule has 0 aliphatic rings. The zero-order valence-corrected chi connectivity index (χ0v) is 11.7. The van der Waals surface area contributed by atoms with Crippen molar-refractivity contribution >= 4 is 45.7 Å². The second-order valence-electron chi connectivity index (χ2n) is 3.92. The number of thiazole rings is 1. The van der Waals surface area contributed by atoms with Crippen molar-refractivity contribution in [2.75, 3.05) is 5.32 Å². The van der Waals surface area contributed by atoms with E-state index in [1.54, 1.807) is 35.7 Å². The number of fused-ring (bicyclic) bond motifs is 1. The molecule has 0 saturated carbocycles. The molecule has 1 amide bonds. The average molecular weight is 305 g/mol. The van der Waals surface area contributed by atoms with E-state index in [0.717, 1.165) is 10.7 Å². The molecule has 20 heavy (non-hydrogen) atoms. The highest BCUT2D eigenvalue weighted by molar-refractivity contribution is 7.15. The lowest BCUT2D eigenvalue weighted by molar-refractivity contribution is -0.111. The maximum atomic E-state index is 11.8. The first-order chi connectivity index (χ1) is 9.72. The number of amides is 1. The van der Waals surface area contributed by atoms with Crippen LogP contribution >= 0.6 is 22.9 Å². The first-order valence-corrected chi connectivity index (χ1v) is 6.99. The van der Waals surface area contributed by atoms with Crippen molar-refractivity contribution in [2.45, 2.75) is 0 Å². The van der Waals surface area contributed by atoms with Crippen molar-refractivity contribution < 1.29 is 4.79 Å². The predicted octanol–water partition coefficient (Wildman–Crippen LogP) is 3.10. The van der Waals surface area contributed by atoms with Gasteiger partial charge in [0, 0.05) is 23.8 Å². The predicted molar refractivity (Wildman–Crippen MR) is 80.0 cm³/mol. The van der Waals surface area contributed by atoms with Crippen LogP contribution in [0.4, 0.5) is 5.82 Å². The van der Waals surface area contributed by atoms with Gasteiger partial charge in [0.1, 0.15) is 5.82 Å². The Kier molecular flexibility index (Phi) is 3.49. The topological polar surface area (TPSA) is 59.3 Å². The molecule has 0 saturated heterocycles. The summed E-state index contributed by atoms with van der Waals surface area (Å²) in [6, 6.07) is 3.31. The van der Waals surface area contributed by atoms with Gasteiger partial charge in [0.05, 0.1) is 16.9 Å². The van der Waals surface area contributed by atoms with Crippen LogP contribution in [-0.2, 0) is 4.79 Å². The number of carbonyl (C=O) groups excluding carboxylic acids is 1. The van der Waals surface area contributed by atoms with Gasteiger partial charge in [-0.2, -0.15) is 0 Å². The highest BCUT2D eigenvalue weighted by atomic mass is 35.5. The molecule has 0 radical (unpaired) electrons. The van der Waals surface area contributed by atoms with E-state index in [2.05, 4.69) is 15.3 Å². The van der Waals surface area contributed by atoms with Crippen LogP contribution in [0, 0.1) is 0 Å². The highest BCUT2D eigenvalue weighted by Crippen LogP contribution is 2.14. The van der Waals surface area contributed by atoms with Crippen molar-refractivity contribution in [1.82, 2.24) is 14.4 Å². The Labute approximate surface area is 123 Å². The summed E-state index contributed by atoms with van der Waals surface area (Å²) in [5, 5.41) is 5.12. The molecule has 0 spiro atoms. The molecule has 0 aliphatic heterocycles. The van der Waals surface area contributed by atoms with E-state index < -0.39 is 0 Å². The first kappa shape index (κ1) is 12.8. The maximum Gasteiger partial charge on any atom is 0.249 e. The number of pyridine rings is 1. The van der Waals surface area contributed by atoms with Gasteiger partial charge in [-0.1, -0.05) is 11.6 Å². The number of imidazole rings is 1. The van der Waals surface area contributed by atoms with Gasteiger partial charge in [0.15, 0.2) is 4.96 Å². The molecule has 0 unspecified atom stereocenters. The van der Waals surface area contributed by atoms with Gasteiger partial charge in [-0.3, -0.25) is 9.20 Å². The zero-order valence-electron chi connectivity index (χ0n) is 10.2. The molecular formula is C13H9ClN4OS. The summed E-state index contributed by atoms with van der Waals surface area (Å²) < 4.78 is 1.91. The molecule has 7 heteroatoms. The van der Waals surface area contributed by atoms with Gasteiger partial charge in [-0.05, 0) is 18.2 Å². The molecule has 0 fully saturated rings. The lowest BCUT2D eigenvalue weighted by Crippen LogP contribution is -2.08. The number of nitrogens with zero attached hydrogens (tertiary/aromatic N) is 3. The Hall–Kier alpha value is -2.18. The monoisotopic (exact) mass is 304 g/mol. The minimum Gasteiger partial charge on any atom is -0.307 e. The number of aromatic nitrogens is 3. The summed E-state index contributed by atoms with van der Waals surface area (Å²) in [6.07, 6.45) is 8.25. The Morgan fingerprint density at radius 3 is 3.05 bits per heavy atom. The molecule has 0 atom stereocenters. The van der Waals surface area contributed by atoms with Crippen LogP contribution < -0.4 is 5.32 Å². The third kappa shape index (κ3) is 2.71. The van der Waals surface area contributed by atoms with Crippen LogP contribution in [0.3, 0.4) is 0 Å². The molecule has 3 heterocycles. The van der Waals surface area contributed by atoms with Gasteiger partial charge in [0.2, 0.25) is 5.91 Å². The molecule has 3 aromatic rings. The van der Waals surface area contributed by atoms with Crippen molar-refractivity contribution in [3.63, 3.8) is 0 Å². The normalized spacial score (nSPS) is 11.2. The Bertz CT molecular complexity index is 775. The van der Waals surface area contributed by atoms with Crippen LogP contribution in [0.25, 0.3) is 11.0 Å². The number of carbonyl (C=O) groups is 1.